The van der Waals surface area contributed by atoms with Crippen LogP contribution in [0.2, 0.25) is 0 Å². The smallest absolute Gasteiger partial charge is 0.210 e. The summed E-state index contributed by atoms with van der Waals surface area (Å²) < 4.78 is 5.18. The number of hydrogen-bond donors (Lipinski definition) is 2. The maximum absolute atomic E-state index is 12.9. The van der Waals surface area contributed by atoms with E-state index in [2.05, 4.69) is 10.3 Å². The highest BCUT2D eigenvalue weighted by atomic mass is 16.5. The number of Topliss-reactive ketones (excluding diaryl/α,β-unsaturated/α-hetero) is 2. The standard InChI is InChI=1S/C19H18N2O4/c1-25-13-6-4-5-12(11-13)21-17-16(20-9-10-22)18(23)14-7-2-3-8-15(14)19(17)24/h2-8,11,17,21-22H,9-10H2,1H3/t17-/m0/s1. The fourth-order valence-corrected chi connectivity index (χ4v) is 2.79. The number of hydrogen-bond acceptors (Lipinski definition) is 6. The number of anilines is 1. The molecule has 0 heterocycles. The van der Waals surface area contributed by atoms with Gasteiger partial charge in [-0.1, -0.05) is 30.3 Å². The highest BCUT2D eigenvalue weighted by molar-refractivity contribution is 6.55. The van der Waals surface area contributed by atoms with E-state index in [-0.39, 0.29) is 30.4 Å². The molecule has 0 aliphatic heterocycles. The fourth-order valence-electron chi connectivity index (χ4n) is 2.79. The number of aliphatic hydroxyl groups excluding tert-OH is 1. The molecule has 3 rings (SSSR count). The van der Waals surface area contributed by atoms with E-state index >= 15 is 0 Å². The molecule has 0 unspecified atom stereocenters. The zero-order valence-electron chi connectivity index (χ0n) is 13.7. The number of benzene rings is 2. The van der Waals surface area contributed by atoms with Gasteiger partial charge >= 0.3 is 0 Å². The normalized spacial score (nSPS) is 18.2. The van der Waals surface area contributed by atoms with Crippen LogP contribution in [0, 0.1) is 0 Å². The zero-order valence-corrected chi connectivity index (χ0v) is 13.7. The predicted octanol–water partition coefficient (Wildman–Crippen LogP) is 1.99. The Morgan fingerprint density at radius 2 is 1.88 bits per heavy atom. The Morgan fingerprint density at radius 1 is 1.12 bits per heavy atom. The van der Waals surface area contributed by atoms with Gasteiger partial charge in [-0.2, -0.15) is 0 Å². The molecule has 0 radical (unpaired) electrons. The molecule has 0 saturated carbocycles. The molecule has 0 aromatic heterocycles. The number of aliphatic hydroxyl groups is 1. The van der Waals surface area contributed by atoms with E-state index in [1.54, 1.807) is 55.6 Å². The highest BCUT2D eigenvalue weighted by Crippen LogP contribution is 2.24. The molecule has 2 aromatic carbocycles. The van der Waals surface area contributed by atoms with E-state index in [0.29, 0.717) is 22.6 Å². The van der Waals surface area contributed by atoms with Gasteiger partial charge in [0.25, 0.3) is 0 Å². The number of aliphatic imine (C=N–C) groups is 1. The lowest BCUT2D eigenvalue weighted by molar-refractivity contribution is 0.0954. The SMILES string of the molecule is COc1cccc(N[C@@H]2C(=O)c3ccccc3C(=O)C2=NCCO)c1. The summed E-state index contributed by atoms with van der Waals surface area (Å²) in [6, 6.07) is 12.9. The van der Waals surface area contributed by atoms with Crippen LogP contribution in [0.5, 0.6) is 5.75 Å². The minimum absolute atomic E-state index is 0.0623. The number of ketones is 2. The third-order valence-corrected chi connectivity index (χ3v) is 3.97. The van der Waals surface area contributed by atoms with Gasteiger partial charge in [-0.3, -0.25) is 14.6 Å². The molecule has 0 fully saturated rings. The molecule has 0 spiro atoms. The number of carbonyl (C=O) groups is 2. The number of methoxy groups -OCH3 is 1. The Hall–Kier alpha value is -2.99. The van der Waals surface area contributed by atoms with Crippen molar-refractivity contribution in [3.05, 3.63) is 59.7 Å². The van der Waals surface area contributed by atoms with Crippen molar-refractivity contribution in [2.75, 3.05) is 25.6 Å². The molecule has 0 saturated heterocycles. The van der Waals surface area contributed by atoms with Crippen molar-refractivity contribution in [2.24, 2.45) is 4.99 Å². The summed E-state index contributed by atoms with van der Waals surface area (Å²) in [5.74, 6) is 0.104. The summed E-state index contributed by atoms with van der Waals surface area (Å²) in [4.78, 5) is 29.8. The lowest BCUT2D eigenvalue weighted by Gasteiger charge is -2.26. The summed E-state index contributed by atoms with van der Waals surface area (Å²) in [5, 5.41) is 12.1. The van der Waals surface area contributed by atoms with E-state index in [1.807, 2.05) is 0 Å². The maximum atomic E-state index is 12.9. The van der Waals surface area contributed by atoms with Gasteiger partial charge in [0.15, 0.2) is 5.78 Å². The lowest BCUT2D eigenvalue weighted by atomic mass is 9.84. The van der Waals surface area contributed by atoms with Gasteiger partial charge in [0.1, 0.15) is 17.5 Å². The Labute approximate surface area is 145 Å². The van der Waals surface area contributed by atoms with E-state index in [0.717, 1.165) is 0 Å². The number of rotatable bonds is 5. The van der Waals surface area contributed by atoms with Crippen LogP contribution < -0.4 is 10.1 Å². The maximum Gasteiger partial charge on any atom is 0.210 e. The fraction of sp³-hybridized carbons (Fsp3) is 0.211. The van der Waals surface area contributed by atoms with E-state index in [1.165, 1.54) is 0 Å². The van der Waals surface area contributed by atoms with Crippen molar-refractivity contribution >= 4 is 23.0 Å². The third kappa shape index (κ3) is 3.29. The first-order valence-corrected chi connectivity index (χ1v) is 7.89. The first kappa shape index (κ1) is 16.9. The average Bonchev–Trinajstić information content (AvgIpc) is 2.66. The lowest BCUT2D eigenvalue weighted by Crippen LogP contribution is -2.46. The quantitative estimate of drug-likeness (QED) is 0.870. The molecule has 2 N–H and O–H groups in total. The number of carbonyl (C=O) groups excluding carboxylic acids is 2. The summed E-state index contributed by atoms with van der Waals surface area (Å²) in [7, 11) is 1.55. The van der Waals surface area contributed by atoms with Crippen molar-refractivity contribution in [1.29, 1.82) is 0 Å². The molecule has 6 heteroatoms. The van der Waals surface area contributed by atoms with E-state index in [9.17, 15) is 9.59 Å². The Morgan fingerprint density at radius 3 is 2.60 bits per heavy atom. The van der Waals surface area contributed by atoms with Crippen molar-refractivity contribution in [1.82, 2.24) is 0 Å². The van der Waals surface area contributed by atoms with Gasteiger partial charge in [0.2, 0.25) is 5.78 Å². The summed E-state index contributed by atoms with van der Waals surface area (Å²) in [6.07, 6.45) is 0. The highest BCUT2D eigenvalue weighted by Gasteiger charge is 2.38. The van der Waals surface area contributed by atoms with Gasteiger partial charge in [0, 0.05) is 22.9 Å². The largest absolute Gasteiger partial charge is 0.497 e. The van der Waals surface area contributed by atoms with Crippen LogP contribution in [0.4, 0.5) is 5.69 Å². The topological polar surface area (TPSA) is 88.0 Å². The Bertz CT molecular complexity index is 845. The second-order valence-electron chi connectivity index (χ2n) is 5.54. The molecule has 6 nitrogen and oxygen atoms in total. The summed E-state index contributed by atoms with van der Waals surface area (Å²) in [6.45, 7) is -0.134. The number of nitrogens with zero attached hydrogens (tertiary/aromatic N) is 1. The second kappa shape index (κ2) is 7.27. The van der Waals surface area contributed by atoms with Crippen LogP contribution in [0.15, 0.2) is 53.5 Å². The third-order valence-electron chi connectivity index (χ3n) is 3.97. The van der Waals surface area contributed by atoms with Gasteiger partial charge in [-0.25, -0.2) is 0 Å². The zero-order chi connectivity index (χ0) is 17.8. The minimum Gasteiger partial charge on any atom is -0.497 e. The van der Waals surface area contributed by atoms with Gasteiger partial charge < -0.3 is 15.2 Å². The monoisotopic (exact) mass is 338 g/mol. The van der Waals surface area contributed by atoms with Crippen LogP contribution in [0.3, 0.4) is 0 Å². The molecule has 0 amide bonds. The van der Waals surface area contributed by atoms with Gasteiger partial charge in [-0.05, 0) is 12.1 Å². The minimum atomic E-state index is -0.902. The summed E-state index contributed by atoms with van der Waals surface area (Å²) in [5.41, 5.74) is 1.46. The molecule has 25 heavy (non-hydrogen) atoms. The second-order valence-corrected chi connectivity index (χ2v) is 5.54. The number of fused-ring (bicyclic) bond motifs is 1. The van der Waals surface area contributed by atoms with Crippen LogP contribution >= 0.6 is 0 Å². The van der Waals surface area contributed by atoms with Crippen LogP contribution in [0.1, 0.15) is 20.7 Å². The van der Waals surface area contributed by atoms with Crippen LogP contribution in [0.25, 0.3) is 0 Å². The number of ether oxygens (including phenoxy) is 1. The van der Waals surface area contributed by atoms with Crippen LogP contribution in [-0.4, -0.2) is 48.7 Å². The van der Waals surface area contributed by atoms with Gasteiger partial charge in [-0.15, -0.1) is 0 Å². The molecule has 2 aromatic rings. The molecule has 1 aliphatic rings. The first-order valence-electron chi connectivity index (χ1n) is 7.89. The Balaban J connectivity index is 2.02. The Kier molecular flexibility index (Phi) is 4.90. The predicted molar refractivity (Wildman–Crippen MR) is 94.9 cm³/mol. The summed E-state index contributed by atoms with van der Waals surface area (Å²) >= 11 is 0. The molecular formula is C19H18N2O4. The van der Waals surface area contributed by atoms with Crippen molar-refractivity contribution < 1.29 is 19.4 Å². The molecular weight excluding hydrogens is 320 g/mol. The molecule has 0 bridgehead atoms. The number of nitrogens with one attached hydrogen (secondary N) is 1. The van der Waals surface area contributed by atoms with Crippen molar-refractivity contribution in [2.45, 2.75) is 6.04 Å². The van der Waals surface area contributed by atoms with E-state index in [4.69, 9.17) is 9.84 Å². The van der Waals surface area contributed by atoms with Gasteiger partial charge in [0.05, 0.1) is 20.3 Å². The van der Waals surface area contributed by atoms with Crippen LogP contribution in [-0.2, 0) is 0 Å². The average molecular weight is 338 g/mol. The first-order chi connectivity index (χ1) is 12.2. The molecule has 1 atom stereocenters. The molecule has 1 aliphatic carbocycles. The van der Waals surface area contributed by atoms with Crippen molar-refractivity contribution in [3.63, 3.8) is 0 Å². The van der Waals surface area contributed by atoms with Crippen molar-refractivity contribution in [3.8, 4) is 5.75 Å². The molecule has 128 valence electrons. The van der Waals surface area contributed by atoms with E-state index < -0.39 is 6.04 Å².